The SMILES string of the molecule is C=C1C[C@@H](c2nc3ccc(C(C)(C)C)cc3[nH]2)N(c2cc(Cl)ccc2-n2nccn2)C1. The molecule has 158 valence electrons. The minimum Gasteiger partial charge on any atom is -0.355 e. The minimum atomic E-state index is 0.0331. The number of benzene rings is 2. The number of hydrogen-bond acceptors (Lipinski definition) is 4. The van der Waals surface area contributed by atoms with E-state index in [0.29, 0.717) is 5.02 Å². The molecule has 5 rings (SSSR count). The highest BCUT2D eigenvalue weighted by Crippen LogP contribution is 2.41. The first-order valence-corrected chi connectivity index (χ1v) is 10.8. The highest BCUT2D eigenvalue weighted by Gasteiger charge is 2.33. The fourth-order valence-electron chi connectivity index (χ4n) is 4.19. The summed E-state index contributed by atoms with van der Waals surface area (Å²) in [7, 11) is 0. The summed E-state index contributed by atoms with van der Waals surface area (Å²) >= 11 is 6.39. The maximum atomic E-state index is 6.39. The molecule has 1 atom stereocenters. The molecule has 1 aliphatic rings. The second-order valence-corrected chi connectivity index (χ2v) is 9.59. The van der Waals surface area contributed by atoms with Crippen LogP contribution >= 0.6 is 11.6 Å². The summed E-state index contributed by atoms with van der Waals surface area (Å²) in [4.78, 5) is 12.4. The Balaban J connectivity index is 1.59. The zero-order valence-corrected chi connectivity index (χ0v) is 18.7. The fraction of sp³-hybridized carbons (Fsp3) is 0.292. The van der Waals surface area contributed by atoms with Crippen LogP contribution in [0.25, 0.3) is 16.7 Å². The normalized spacial score (nSPS) is 17.1. The standard InChI is InChI=1S/C24H25ClN6/c1-15-11-22(23-28-18-7-5-16(24(2,3)4)12-19(18)29-23)30(14-15)21-13-17(25)6-8-20(21)31-26-9-10-27-31/h5-10,12-13,22H,1,11,14H2,2-4H3,(H,28,29)/t22-/m0/s1. The molecule has 2 aromatic carbocycles. The lowest BCUT2D eigenvalue weighted by molar-refractivity contribution is 0.591. The third-order valence-electron chi connectivity index (χ3n) is 5.82. The summed E-state index contributed by atoms with van der Waals surface area (Å²) < 4.78 is 0. The van der Waals surface area contributed by atoms with Gasteiger partial charge in [-0.1, -0.05) is 50.6 Å². The van der Waals surface area contributed by atoms with Gasteiger partial charge in [0.2, 0.25) is 0 Å². The Kier molecular flexibility index (Phi) is 4.63. The van der Waals surface area contributed by atoms with Crippen LogP contribution in [0.5, 0.6) is 0 Å². The van der Waals surface area contributed by atoms with Crippen LogP contribution in [0.15, 0.2) is 60.9 Å². The second kappa shape index (κ2) is 7.24. The topological polar surface area (TPSA) is 62.6 Å². The van der Waals surface area contributed by atoms with Crippen molar-refractivity contribution in [3.63, 3.8) is 0 Å². The van der Waals surface area contributed by atoms with Gasteiger partial charge in [0.25, 0.3) is 0 Å². The highest BCUT2D eigenvalue weighted by atomic mass is 35.5. The number of nitrogens with zero attached hydrogens (tertiary/aromatic N) is 5. The van der Waals surface area contributed by atoms with Gasteiger partial charge in [-0.15, -0.1) is 4.80 Å². The van der Waals surface area contributed by atoms with Crippen LogP contribution in [0.3, 0.4) is 0 Å². The Labute approximate surface area is 186 Å². The van der Waals surface area contributed by atoms with E-state index in [1.807, 2.05) is 18.2 Å². The summed E-state index contributed by atoms with van der Waals surface area (Å²) in [6, 6.07) is 12.3. The number of anilines is 1. The molecule has 3 heterocycles. The van der Waals surface area contributed by atoms with E-state index in [1.165, 1.54) is 5.56 Å². The summed E-state index contributed by atoms with van der Waals surface area (Å²) in [6.07, 6.45) is 4.17. The van der Waals surface area contributed by atoms with Gasteiger partial charge in [-0.3, -0.25) is 0 Å². The average molecular weight is 433 g/mol. The van der Waals surface area contributed by atoms with Crippen molar-refractivity contribution in [3.05, 3.63) is 77.4 Å². The van der Waals surface area contributed by atoms with Crippen molar-refractivity contribution in [1.82, 2.24) is 25.0 Å². The van der Waals surface area contributed by atoms with Crippen LogP contribution in [-0.4, -0.2) is 31.5 Å². The molecular weight excluding hydrogens is 408 g/mol. The zero-order valence-electron chi connectivity index (χ0n) is 17.9. The van der Waals surface area contributed by atoms with E-state index in [2.05, 4.69) is 65.6 Å². The summed E-state index contributed by atoms with van der Waals surface area (Å²) in [5.41, 5.74) is 6.38. The Hall–Kier alpha value is -3.12. The van der Waals surface area contributed by atoms with Crippen LogP contribution in [-0.2, 0) is 5.41 Å². The quantitative estimate of drug-likeness (QED) is 0.428. The van der Waals surface area contributed by atoms with E-state index in [1.54, 1.807) is 17.2 Å². The number of nitrogens with one attached hydrogen (secondary N) is 1. The Bertz CT molecular complexity index is 1270. The number of halogens is 1. The van der Waals surface area contributed by atoms with E-state index in [-0.39, 0.29) is 11.5 Å². The van der Waals surface area contributed by atoms with Crippen molar-refractivity contribution in [2.24, 2.45) is 0 Å². The molecule has 0 bridgehead atoms. The van der Waals surface area contributed by atoms with Gasteiger partial charge in [0.1, 0.15) is 11.5 Å². The summed E-state index contributed by atoms with van der Waals surface area (Å²) in [5, 5.41) is 9.31. The van der Waals surface area contributed by atoms with Crippen LogP contribution in [0.4, 0.5) is 5.69 Å². The van der Waals surface area contributed by atoms with Crippen molar-refractivity contribution in [2.45, 2.75) is 38.6 Å². The van der Waals surface area contributed by atoms with Gasteiger partial charge in [-0.05, 0) is 47.7 Å². The molecule has 2 aromatic heterocycles. The van der Waals surface area contributed by atoms with E-state index in [4.69, 9.17) is 16.6 Å². The average Bonchev–Trinajstić information content (AvgIpc) is 3.45. The number of H-pyrrole nitrogens is 1. The second-order valence-electron chi connectivity index (χ2n) is 9.15. The molecule has 0 saturated carbocycles. The Morgan fingerprint density at radius 1 is 1.06 bits per heavy atom. The molecule has 7 heteroatoms. The molecule has 0 amide bonds. The van der Waals surface area contributed by atoms with Gasteiger partial charge in [-0.2, -0.15) is 10.2 Å². The van der Waals surface area contributed by atoms with Crippen LogP contribution in [0.1, 0.15) is 44.6 Å². The third kappa shape index (κ3) is 3.61. The first-order valence-electron chi connectivity index (χ1n) is 10.4. The fourth-order valence-corrected chi connectivity index (χ4v) is 4.35. The van der Waals surface area contributed by atoms with E-state index in [9.17, 15) is 0 Å². The van der Waals surface area contributed by atoms with E-state index in [0.717, 1.165) is 46.8 Å². The van der Waals surface area contributed by atoms with Gasteiger partial charge < -0.3 is 9.88 Å². The number of imidazole rings is 1. The van der Waals surface area contributed by atoms with Gasteiger partial charge in [0, 0.05) is 11.6 Å². The predicted molar refractivity (Wildman–Crippen MR) is 125 cm³/mol. The maximum Gasteiger partial charge on any atom is 0.130 e. The Morgan fingerprint density at radius 3 is 2.58 bits per heavy atom. The predicted octanol–water partition coefficient (Wildman–Crippen LogP) is 5.60. The van der Waals surface area contributed by atoms with Crippen LogP contribution < -0.4 is 4.90 Å². The first-order chi connectivity index (χ1) is 14.8. The summed E-state index contributed by atoms with van der Waals surface area (Å²) in [6.45, 7) is 11.7. The number of aromatic amines is 1. The summed E-state index contributed by atoms with van der Waals surface area (Å²) in [5.74, 6) is 0.930. The van der Waals surface area contributed by atoms with E-state index < -0.39 is 0 Å². The van der Waals surface area contributed by atoms with Crippen LogP contribution in [0.2, 0.25) is 5.02 Å². The monoisotopic (exact) mass is 432 g/mol. The lowest BCUT2D eigenvalue weighted by atomic mass is 9.87. The minimum absolute atomic E-state index is 0.0331. The van der Waals surface area contributed by atoms with E-state index >= 15 is 0 Å². The highest BCUT2D eigenvalue weighted by molar-refractivity contribution is 6.31. The number of hydrogen-bond donors (Lipinski definition) is 1. The molecule has 6 nitrogen and oxygen atoms in total. The van der Waals surface area contributed by atoms with Gasteiger partial charge in [0.05, 0.1) is 35.2 Å². The van der Waals surface area contributed by atoms with Crippen molar-refractivity contribution in [3.8, 4) is 5.69 Å². The lowest BCUT2D eigenvalue weighted by Crippen LogP contribution is -2.25. The van der Waals surface area contributed by atoms with Gasteiger partial charge in [0.15, 0.2) is 0 Å². The molecule has 0 aliphatic carbocycles. The number of rotatable bonds is 3. The van der Waals surface area contributed by atoms with Crippen molar-refractivity contribution in [2.75, 3.05) is 11.4 Å². The molecular formula is C24H25ClN6. The third-order valence-corrected chi connectivity index (χ3v) is 6.05. The van der Waals surface area contributed by atoms with Gasteiger partial charge >= 0.3 is 0 Å². The molecule has 31 heavy (non-hydrogen) atoms. The molecule has 1 fully saturated rings. The largest absolute Gasteiger partial charge is 0.355 e. The lowest BCUT2D eigenvalue weighted by Gasteiger charge is -2.27. The van der Waals surface area contributed by atoms with Crippen molar-refractivity contribution in [1.29, 1.82) is 0 Å². The maximum absolute atomic E-state index is 6.39. The first kappa shape index (κ1) is 19.8. The molecule has 1 saturated heterocycles. The molecule has 0 spiro atoms. The molecule has 4 aromatic rings. The van der Waals surface area contributed by atoms with Gasteiger partial charge in [-0.25, -0.2) is 4.98 Å². The Morgan fingerprint density at radius 2 is 1.84 bits per heavy atom. The molecule has 0 unspecified atom stereocenters. The number of aromatic nitrogens is 5. The molecule has 1 aliphatic heterocycles. The van der Waals surface area contributed by atoms with Crippen molar-refractivity contribution >= 4 is 28.3 Å². The molecule has 1 N–H and O–H groups in total. The zero-order chi connectivity index (χ0) is 21.8. The van der Waals surface area contributed by atoms with Crippen molar-refractivity contribution < 1.29 is 0 Å². The molecule has 0 radical (unpaired) electrons. The smallest absolute Gasteiger partial charge is 0.130 e. The number of fused-ring (bicyclic) bond motifs is 1. The van der Waals surface area contributed by atoms with Crippen LogP contribution in [0, 0.1) is 0 Å².